The van der Waals surface area contributed by atoms with E-state index in [0.717, 1.165) is 22.1 Å². The monoisotopic (exact) mass is 383 g/mol. The summed E-state index contributed by atoms with van der Waals surface area (Å²) in [6.45, 7) is 1.98. The molecule has 1 aliphatic rings. The van der Waals surface area contributed by atoms with Gasteiger partial charge >= 0.3 is 5.63 Å². The number of hydrogen-bond acceptors (Lipinski definition) is 3. The third-order valence-corrected chi connectivity index (χ3v) is 4.84. The molecule has 1 aromatic heterocycles. The normalized spacial score (nSPS) is 16.4. The summed E-state index contributed by atoms with van der Waals surface area (Å²) >= 11 is 3.39. The van der Waals surface area contributed by atoms with Crippen LogP contribution >= 0.6 is 15.9 Å². The van der Waals surface area contributed by atoms with Crippen LogP contribution in [0.5, 0.6) is 0 Å². The second-order valence-corrected chi connectivity index (χ2v) is 6.90. The predicted molar refractivity (Wildman–Crippen MR) is 96.6 cm³/mol. The van der Waals surface area contributed by atoms with Crippen LogP contribution in [0.4, 0.5) is 5.69 Å². The topological polar surface area (TPSA) is 50.5 Å². The Bertz CT molecular complexity index is 1020. The number of benzene rings is 2. The Hall–Kier alpha value is -2.40. The van der Waals surface area contributed by atoms with Gasteiger partial charge in [-0.2, -0.15) is 0 Å². The third kappa shape index (κ3) is 2.36. The Balaban J connectivity index is 1.84. The molecule has 24 heavy (non-hydrogen) atoms. The van der Waals surface area contributed by atoms with Crippen LogP contribution < -0.4 is 10.5 Å². The van der Waals surface area contributed by atoms with Crippen molar-refractivity contribution >= 4 is 38.5 Å². The summed E-state index contributed by atoms with van der Waals surface area (Å²) in [6.07, 6.45) is 0.784. The van der Waals surface area contributed by atoms with E-state index in [0.29, 0.717) is 11.0 Å². The van der Waals surface area contributed by atoms with Crippen molar-refractivity contribution in [1.82, 2.24) is 0 Å². The van der Waals surface area contributed by atoms with E-state index in [2.05, 4.69) is 15.9 Å². The molecule has 0 unspecified atom stereocenters. The SMILES string of the molecule is C[C@H]1Cc2ccccc2N1C(=O)c1cc2cc(Br)ccc2oc1=O. The first-order valence-corrected chi connectivity index (χ1v) is 8.49. The van der Waals surface area contributed by atoms with E-state index in [1.165, 1.54) is 0 Å². The van der Waals surface area contributed by atoms with Gasteiger partial charge < -0.3 is 9.32 Å². The molecule has 0 aliphatic carbocycles. The summed E-state index contributed by atoms with van der Waals surface area (Å²) < 4.78 is 6.19. The molecule has 0 fully saturated rings. The molecule has 0 bridgehead atoms. The van der Waals surface area contributed by atoms with Gasteiger partial charge in [-0.15, -0.1) is 0 Å². The van der Waals surface area contributed by atoms with Gasteiger partial charge in [-0.1, -0.05) is 34.1 Å². The second kappa shape index (κ2) is 5.60. The van der Waals surface area contributed by atoms with Gasteiger partial charge in [0.25, 0.3) is 5.91 Å². The van der Waals surface area contributed by atoms with Gasteiger partial charge in [0.1, 0.15) is 11.1 Å². The molecule has 1 atom stereocenters. The van der Waals surface area contributed by atoms with Gasteiger partial charge in [-0.3, -0.25) is 4.79 Å². The molecule has 0 saturated heterocycles. The van der Waals surface area contributed by atoms with Gasteiger partial charge in [0.2, 0.25) is 0 Å². The van der Waals surface area contributed by atoms with Crippen LogP contribution in [0, 0.1) is 0 Å². The van der Waals surface area contributed by atoms with Crippen LogP contribution in [0.25, 0.3) is 11.0 Å². The first-order valence-electron chi connectivity index (χ1n) is 7.69. The minimum absolute atomic E-state index is 0.00695. The molecule has 0 radical (unpaired) electrons. The van der Waals surface area contributed by atoms with Crippen molar-refractivity contribution in [3.8, 4) is 0 Å². The fraction of sp³-hybridized carbons (Fsp3) is 0.158. The predicted octanol–water partition coefficient (Wildman–Crippen LogP) is 4.15. The Morgan fingerprint density at radius 1 is 1.21 bits per heavy atom. The van der Waals surface area contributed by atoms with Crippen molar-refractivity contribution in [2.24, 2.45) is 0 Å². The van der Waals surface area contributed by atoms with Crippen LogP contribution in [0.2, 0.25) is 0 Å². The zero-order chi connectivity index (χ0) is 16.8. The van der Waals surface area contributed by atoms with Crippen molar-refractivity contribution in [1.29, 1.82) is 0 Å². The van der Waals surface area contributed by atoms with Gasteiger partial charge in [0.05, 0.1) is 0 Å². The fourth-order valence-electron chi connectivity index (χ4n) is 3.25. The molecule has 1 amide bonds. The van der Waals surface area contributed by atoms with E-state index < -0.39 is 5.63 Å². The van der Waals surface area contributed by atoms with Crippen LogP contribution in [0.15, 0.2) is 62.2 Å². The van der Waals surface area contributed by atoms with Crippen LogP contribution in [-0.2, 0) is 6.42 Å². The summed E-state index contributed by atoms with van der Waals surface area (Å²) in [5, 5.41) is 0.715. The molecule has 0 N–H and O–H groups in total. The number of rotatable bonds is 1. The summed E-state index contributed by atoms with van der Waals surface area (Å²) in [7, 11) is 0. The summed E-state index contributed by atoms with van der Waals surface area (Å²) in [6, 6.07) is 14.7. The van der Waals surface area contributed by atoms with E-state index in [4.69, 9.17) is 4.42 Å². The molecule has 1 aliphatic heterocycles. The highest BCUT2D eigenvalue weighted by atomic mass is 79.9. The Morgan fingerprint density at radius 3 is 2.83 bits per heavy atom. The van der Waals surface area contributed by atoms with E-state index in [-0.39, 0.29) is 17.5 Å². The van der Waals surface area contributed by atoms with Crippen molar-refractivity contribution in [3.63, 3.8) is 0 Å². The van der Waals surface area contributed by atoms with Gasteiger partial charge in [-0.05, 0) is 49.2 Å². The van der Waals surface area contributed by atoms with Crippen LogP contribution in [0.1, 0.15) is 22.8 Å². The highest BCUT2D eigenvalue weighted by molar-refractivity contribution is 9.10. The van der Waals surface area contributed by atoms with E-state index in [1.54, 1.807) is 23.1 Å². The number of halogens is 1. The van der Waals surface area contributed by atoms with Crippen LogP contribution in [0.3, 0.4) is 0 Å². The largest absolute Gasteiger partial charge is 0.422 e. The molecule has 3 aromatic rings. The minimum Gasteiger partial charge on any atom is -0.422 e. The lowest BCUT2D eigenvalue weighted by molar-refractivity contribution is 0.0978. The van der Waals surface area contributed by atoms with E-state index in [1.807, 2.05) is 37.3 Å². The average Bonchev–Trinajstić information content (AvgIpc) is 2.89. The van der Waals surface area contributed by atoms with Gasteiger partial charge in [0, 0.05) is 21.6 Å². The van der Waals surface area contributed by atoms with Crippen molar-refractivity contribution in [2.45, 2.75) is 19.4 Å². The van der Waals surface area contributed by atoms with Gasteiger partial charge in [-0.25, -0.2) is 4.79 Å². The van der Waals surface area contributed by atoms with Crippen molar-refractivity contribution in [2.75, 3.05) is 4.90 Å². The minimum atomic E-state index is -0.605. The van der Waals surface area contributed by atoms with E-state index >= 15 is 0 Å². The molecule has 4 nitrogen and oxygen atoms in total. The Morgan fingerprint density at radius 2 is 2.00 bits per heavy atom. The molecule has 120 valence electrons. The highest BCUT2D eigenvalue weighted by Crippen LogP contribution is 2.33. The Kier molecular flexibility index (Phi) is 3.53. The number of anilines is 1. The molecule has 4 rings (SSSR count). The molecule has 0 spiro atoms. The van der Waals surface area contributed by atoms with Crippen molar-refractivity contribution < 1.29 is 9.21 Å². The highest BCUT2D eigenvalue weighted by Gasteiger charge is 2.32. The number of carbonyl (C=O) groups excluding carboxylic acids is 1. The maximum Gasteiger partial charge on any atom is 0.349 e. The smallest absolute Gasteiger partial charge is 0.349 e. The maximum absolute atomic E-state index is 13.0. The average molecular weight is 384 g/mol. The quantitative estimate of drug-likeness (QED) is 0.593. The number of fused-ring (bicyclic) bond motifs is 2. The van der Waals surface area contributed by atoms with Crippen molar-refractivity contribution in [3.05, 3.63) is 74.6 Å². The first-order chi connectivity index (χ1) is 11.5. The summed E-state index contributed by atoms with van der Waals surface area (Å²) in [5.74, 6) is -0.317. The fourth-order valence-corrected chi connectivity index (χ4v) is 3.63. The summed E-state index contributed by atoms with van der Waals surface area (Å²) in [4.78, 5) is 27.0. The maximum atomic E-state index is 13.0. The zero-order valence-corrected chi connectivity index (χ0v) is 14.5. The molecule has 2 aromatic carbocycles. The molecular weight excluding hydrogens is 370 g/mol. The lowest BCUT2D eigenvalue weighted by Crippen LogP contribution is -2.38. The summed E-state index contributed by atoms with van der Waals surface area (Å²) in [5.41, 5.74) is 1.90. The Labute approximate surface area is 146 Å². The number of carbonyl (C=O) groups is 1. The van der Waals surface area contributed by atoms with Gasteiger partial charge in [0.15, 0.2) is 0 Å². The molecule has 0 saturated carbocycles. The second-order valence-electron chi connectivity index (χ2n) is 5.99. The molecular formula is C19H14BrNO3. The lowest BCUT2D eigenvalue weighted by Gasteiger charge is -2.22. The zero-order valence-electron chi connectivity index (χ0n) is 13.0. The van der Waals surface area contributed by atoms with Crippen LogP contribution in [-0.4, -0.2) is 11.9 Å². The number of hydrogen-bond donors (Lipinski definition) is 0. The molecule has 5 heteroatoms. The third-order valence-electron chi connectivity index (χ3n) is 4.35. The standard InChI is InChI=1S/C19H14BrNO3/c1-11-8-12-4-2-3-5-16(12)21(11)18(22)15-10-13-9-14(20)6-7-17(13)24-19(15)23/h2-7,9-11H,8H2,1H3/t11-/m0/s1. The number of para-hydroxylation sites is 1. The van der Waals surface area contributed by atoms with E-state index in [9.17, 15) is 9.59 Å². The number of nitrogens with zero attached hydrogens (tertiary/aromatic N) is 1. The lowest BCUT2D eigenvalue weighted by atomic mass is 10.1. The molecule has 2 heterocycles. The number of amides is 1. The first kappa shape index (κ1) is 15.1.